The molecule has 1 aromatic heterocycles. The van der Waals surface area contributed by atoms with E-state index >= 15 is 0 Å². The number of unbranched alkanes of at least 4 members (excludes halogenated alkanes) is 1. The van der Waals surface area contributed by atoms with Crippen LogP contribution in [0.1, 0.15) is 36.4 Å². The molecule has 1 heterocycles. The van der Waals surface area contributed by atoms with Crippen LogP contribution in [-0.4, -0.2) is 18.6 Å². The number of nitrogens with zero attached hydrogens (tertiary/aromatic N) is 1. The Morgan fingerprint density at radius 1 is 1.30 bits per heavy atom. The number of benzene rings is 1. The molecule has 3 nitrogen and oxygen atoms in total. The molecule has 0 bridgehead atoms. The quantitative estimate of drug-likeness (QED) is 0.750. The molecule has 1 N–H and O–H groups in total. The second kappa shape index (κ2) is 8.02. The lowest BCUT2D eigenvalue weighted by Crippen LogP contribution is -2.18. The van der Waals surface area contributed by atoms with Gasteiger partial charge < -0.3 is 10.1 Å². The highest BCUT2D eigenvalue weighted by atomic mass is 32.1. The zero-order valence-electron chi connectivity index (χ0n) is 12.1. The fourth-order valence-corrected chi connectivity index (χ4v) is 2.71. The third-order valence-corrected chi connectivity index (χ3v) is 4.06. The van der Waals surface area contributed by atoms with Crippen molar-refractivity contribution >= 4 is 11.3 Å². The van der Waals surface area contributed by atoms with E-state index in [0.717, 1.165) is 36.6 Å². The molecule has 0 saturated carbocycles. The predicted molar refractivity (Wildman–Crippen MR) is 84.5 cm³/mol. The molecule has 0 saturated heterocycles. The first kappa shape index (κ1) is 15.0. The van der Waals surface area contributed by atoms with Crippen LogP contribution in [0.3, 0.4) is 0 Å². The third-order valence-electron chi connectivity index (χ3n) is 3.26. The second-order valence-corrected chi connectivity index (χ2v) is 5.72. The van der Waals surface area contributed by atoms with Gasteiger partial charge in [-0.05, 0) is 31.2 Å². The molecule has 108 valence electrons. The van der Waals surface area contributed by atoms with Crippen molar-refractivity contribution in [2.75, 3.05) is 13.7 Å². The summed E-state index contributed by atoms with van der Waals surface area (Å²) < 4.78 is 5.69. The van der Waals surface area contributed by atoms with Crippen molar-refractivity contribution in [1.82, 2.24) is 10.3 Å². The zero-order valence-corrected chi connectivity index (χ0v) is 13.0. The van der Waals surface area contributed by atoms with Gasteiger partial charge in [0.15, 0.2) is 0 Å². The number of hydrogen-bond donors (Lipinski definition) is 1. The number of rotatable bonds is 8. The van der Waals surface area contributed by atoms with Crippen molar-refractivity contribution in [3.05, 3.63) is 46.4 Å². The van der Waals surface area contributed by atoms with Gasteiger partial charge in [-0.2, -0.15) is 0 Å². The van der Waals surface area contributed by atoms with Gasteiger partial charge in [0.2, 0.25) is 0 Å². The van der Waals surface area contributed by atoms with Gasteiger partial charge >= 0.3 is 0 Å². The number of ether oxygens (including phenoxy) is 1. The van der Waals surface area contributed by atoms with Crippen LogP contribution in [0.15, 0.2) is 35.8 Å². The fraction of sp³-hybridized carbons (Fsp3) is 0.438. The molecule has 1 aromatic carbocycles. The van der Waals surface area contributed by atoms with E-state index in [1.165, 1.54) is 5.56 Å². The van der Waals surface area contributed by atoms with E-state index in [2.05, 4.69) is 41.5 Å². The van der Waals surface area contributed by atoms with Gasteiger partial charge in [-0.15, -0.1) is 11.3 Å². The smallest absolute Gasteiger partial charge is 0.119 e. The lowest BCUT2D eigenvalue weighted by atomic mass is 10.0. The highest BCUT2D eigenvalue weighted by Gasteiger charge is 2.11. The minimum Gasteiger partial charge on any atom is -0.494 e. The van der Waals surface area contributed by atoms with Crippen molar-refractivity contribution in [2.45, 2.75) is 32.2 Å². The molecule has 0 aliphatic heterocycles. The standard InChI is InChI=1S/C16H22N2OS/c1-3-4-10-19-14-7-5-13(6-8-14)15(17-2)12-16-18-9-11-20-16/h5-9,11,15,17H,3-4,10,12H2,1-2H3. The Morgan fingerprint density at radius 2 is 2.10 bits per heavy atom. The Bertz CT molecular complexity index is 482. The summed E-state index contributed by atoms with van der Waals surface area (Å²) in [7, 11) is 1.99. The van der Waals surface area contributed by atoms with Crippen molar-refractivity contribution in [3.8, 4) is 5.75 Å². The first-order chi connectivity index (χ1) is 9.83. The number of hydrogen-bond acceptors (Lipinski definition) is 4. The Morgan fingerprint density at radius 3 is 2.70 bits per heavy atom. The first-order valence-corrected chi connectivity index (χ1v) is 8.00. The maximum atomic E-state index is 5.69. The molecular weight excluding hydrogens is 268 g/mol. The van der Waals surface area contributed by atoms with Crippen molar-refractivity contribution in [3.63, 3.8) is 0 Å². The summed E-state index contributed by atoms with van der Waals surface area (Å²) in [5.74, 6) is 0.950. The van der Waals surface area contributed by atoms with Crippen LogP contribution in [-0.2, 0) is 6.42 Å². The maximum Gasteiger partial charge on any atom is 0.119 e. The van der Waals surface area contributed by atoms with E-state index in [1.807, 2.05) is 18.6 Å². The monoisotopic (exact) mass is 290 g/mol. The molecule has 2 rings (SSSR count). The Kier molecular flexibility index (Phi) is 6.02. The highest BCUT2D eigenvalue weighted by molar-refractivity contribution is 7.09. The highest BCUT2D eigenvalue weighted by Crippen LogP contribution is 2.22. The summed E-state index contributed by atoms with van der Waals surface area (Å²) in [5.41, 5.74) is 1.27. The molecule has 0 aliphatic carbocycles. The van der Waals surface area contributed by atoms with Gasteiger partial charge in [0.25, 0.3) is 0 Å². The summed E-state index contributed by atoms with van der Waals surface area (Å²) in [6, 6.07) is 8.67. The zero-order chi connectivity index (χ0) is 14.2. The molecule has 0 fully saturated rings. The molecule has 1 atom stereocenters. The van der Waals surface area contributed by atoms with Crippen molar-refractivity contribution in [1.29, 1.82) is 0 Å². The summed E-state index contributed by atoms with van der Waals surface area (Å²) in [6.45, 7) is 2.97. The molecule has 0 spiro atoms. The maximum absolute atomic E-state index is 5.69. The average molecular weight is 290 g/mol. The lowest BCUT2D eigenvalue weighted by Gasteiger charge is -2.16. The molecule has 2 aromatic rings. The SMILES string of the molecule is CCCCOc1ccc(C(Cc2nccs2)NC)cc1. The molecular formula is C16H22N2OS. The van der Waals surface area contributed by atoms with Crippen LogP contribution in [0.4, 0.5) is 0 Å². The van der Waals surface area contributed by atoms with E-state index in [1.54, 1.807) is 11.3 Å². The van der Waals surface area contributed by atoms with Crippen LogP contribution in [0.5, 0.6) is 5.75 Å². The largest absolute Gasteiger partial charge is 0.494 e. The molecule has 20 heavy (non-hydrogen) atoms. The normalized spacial score (nSPS) is 12.3. The van der Waals surface area contributed by atoms with E-state index < -0.39 is 0 Å². The third kappa shape index (κ3) is 4.32. The summed E-state index contributed by atoms with van der Waals surface area (Å²) in [5, 5.41) is 6.53. The Balaban J connectivity index is 1.96. The number of nitrogens with one attached hydrogen (secondary N) is 1. The van der Waals surface area contributed by atoms with Crippen LogP contribution >= 0.6 is 11.3 Å². The van der Waals surface area contributed by atoms with Gasteiger partial charge in [0.05, 0.1) is 11.6 Å². The second-order valence-electron chi connectivity index (χ2n) is 4.74. The summed E-state index contributed by atoms with van der Waals surface area (Å²) in [6.07, 6.45) is 5.04. The van der Waals surface area contributed by atoms with E-state index in [9.17, 15) is 0 Å². The molecule has 0 aliphatic rings. The van der Waals surface area contributed by atoms with Crippen molar-refractivity contribution in [2.24, 2.45) is 0 Å². The Labute approximate surface area is 125 Å². The van der Waals surface area contributed by atoms with Gasteiger partial charge in [0, 0.05) is 24.0 Å². The average Bonchev–Trinajstić information content (AvgIpc) is 2.99. The lowest BCUT2D eigenvalue weighted by molar-refractivity contribution is 0.309. The van der Waals surface area contributed by atoms with Gasteiger partial charge in [-0.25, -0.2) is 4.98 Å². The predicted octanol–water partition coefficient (Wildman–Crippen LogP) is 3.83. The van der Waals surface area contributed by atoms with Crippen LogP contribution < -0.4 is 10.1 Å². The van der Waals surface area contributed by atoms with Gasteiger partial charge in [0.1, 0.15) is 5.75 Å². The minimum atomic E-state index is 0.297. The molecule has 4 heteroatoms. The van der Waals surface area contributed by atoms with E-state index in [4.69, 9.17) is 4.74 Å². The number of aromatic nitrogens is 1. The van der Waals surface area contributed by atoms with E-state index in [0.29, 0.717) is 6.04 Å². The molecule has 1 unspecified atom stereocenters. The van der Waals surface area contributed by atoms with Gasteiger partial charge in [-0.1, -0.05) is 25.5 Å². The first-order valence-electron chi connectivity index (χ1n) is 7.12. The van der Waals surface area contributed by atoms with Crippen molar-refractivity contribution < 1.29 is 4.74 Å². The minimum absolute atomic E-state index is 0.297. The van der Waals surface area contributed by atoms with Crippen LogP contribution in [0.2, 0.25) is 0 Å². The number of likely N-dealkylation sites (N-methyl/N-ethyl adjacent to an activating group) is 1. The molecule has 0 amide bonds. The van der Waals surface area contributed by atoms with Crippen LogP contribution in [0, 0.1) is 0 Å². The van der Waals surface area contributed by atoms with Gasteiger partial charge in [-0.3, -0.25) is 0 Å². The Hall–Kier alpha value is -1.39. The number of thiazole rings is 1. The summed E-state index contributed by atoms with van der Waals surface area (Å²) in [4.78, 5) is 4.35. The van der Waals surface area contributed by atoms with E-state index in [-0.39, 0.29) is 0 Å². The summed E-state index contributed by atoms with van der Waals surface area (Å²) >= 11 is 1.70. The van der Waals surface area contributed by atoms with Crippen LogP contribution in [0.25, 0.3) is 0 Å². The topological polar surface area (TPSA) is 34.1 Å². The molecule has 0 radical (unpaired) electrons. The fourth-order valence-electron chi connectivity index (χ4n) is 2.05.